The van der Waals surface area contributed by atoms with Gasteiger partial charge in [-0.25, -0.2) is 0 Å². The van der Waals surface area contributed by atoms with Gasteiger partial charge < -0.3 is 0 Å². The Morgan fingerprint density at radius 2 is 1.00 bits per heavy atom. The molecule has 0 saturated carbocycles. The molecule has 0 heterocycles. The first-order chi connectivity index (χ1) is 2.00. The van der Waals surface area contributed by atoms with Gasteiger partial charge in [0.05, 0.1) is 0 Å². The second-order valence-corrected chi connectivity index (χ2v) is 1.34. The predicted octanol–water partition coefficient (Wildman–Crippen LogP) is -1.26. The number of halogens is 1. The average Bonchev–Trinajstić information content (AvgIpc) is 0.722. The van der Waals surface area contributed by atoms with E-state index in [0.29, 0.717) is 0 Å². The third kappa shape index (κ3) is 125. The molecule has 0 bridgehead atoms. The van der Waals surface area contributed by atoms with Gasteiger partial charge in [0.25, 0.3) is 0 Å². The summed E-state index contributed by atoms with van der Waals surface area (Å²) in [5.41, 5.74) is 0. The van der Waals surface area contributed by atoms with Crippen LogP contribution in [0.15, 0.2) is 0 Å². The maximum absolute atomic E-state index is 8.74. The number of rotatable bonds is 0. The van der Waals surface area contributed by atoms with Crippen LogP contribution in [0.1, 0.15) is 0 Å². The van der Waals surface area contributed by atoms with Crippen LogP contribution in [0.2, 0.25) is 0 Å². The Kier molecular flexibility index (Phi) is 24.4. The summed E-state index contributed by atoms with van der Waals surface area (Å²) in [6.45, 7) is 0. The van der Waals surface area contributed by atoms with E-state index >= 15 is 0 Å². The van der Waals surface area contributed by atoms with Crippen molar-refractivity contribution in [1.29, 1.82) is 0 Å². The monoisotopic (exact) mass is 528 g/mol. The summed E-state index contributed by atoms with van der Waals surface area (Å²) < 4.78 is 31.6. The Balaban J connectivity index is -0.0000000267. The van der Waals surface area contributed by atoms with Gasteiger partial charge in [0, 0.05) is 54.6 Å². The molecule has 0 saturated heterocycles. The largest absolute Gasteiger partial charge is 0.394 e. The van der Waals surface area contributed by atoms with E-state index in [1.165, 1.54) is 0 Å². The van der Waals surface area contributed by atoms with Crippen LogP contribution in [-0.4, -0.2) is 72.1 Å². The molecule has 8 heavy (non-hydrogen) atoms. The van der Waals surface area contributed by atoms with E-state index in [1.807, 2.05) is 0 Å². The fourth-order valence-electron chi connectivity index (χ4n) is 0. The topological polar surface area (TPSA) is 74.6 Å². The average molecular weight is 527 g/mol. The Labute approximate surface area is 86.3 Å². The Morgan fingerprint density at radius 1 is 1.00 bits per heavy atom. The van der Waals surface area contributed by atoms with E-state index < -0.39 is 10.4 Å². The standard InChI is InChI=1S/FH.H2O4S.2Tl/c;1-5(2,3)4;;/h1H;(H2,1,2,3,4);;. The van der Waals surface area contributed by atoms with Gasteiger partial charge in [-0.05, 0) is 0 Å². The molecule has 2 radical (unpaired) electrons. The Hall–Kier alpha value is 1.64. The molecule has 0 spiro atoms. The summed E-state index contributed by atoms with van der Waals surface area (Å²) in [5.74, 6) is 0. The molecular formula is H3FO4STl2. The molecular weight excluding hydrogens is 524 g/mol. The molecule has 8 heteroatoms. The van der Waals surface area contributed by atoms with E-state index in [0.717, 1.165) is 0 Å². The van der Waals surface area contributed by atoms with Gasteiger partial charge in [0.15, 0.2) is 0 Å². The van der Waals surface area contributed by atoms with Crippen LogP contribution in [0.4, 0.5) is 4.70 Å². The van der Waals surface area contributed by atoms with Gasteiger partial charge in [-0.15, -0.1) is 0 Å². The maximum atomic E-state index is 8.74. The zero-order valence-electron chi connectivity index (χ0n) is 3.68. The third-order valence-corrected chi connectivity index (χ3v) is 0. The summed E-state index contributed by atoms with van der Waals surface area (Å²) >= 11 is 0. The maximum Gasteiger partial charge on any atom is 0.394 e. The summed E-state index contributed by atoms with van der Waals surface area (Å²) in [6.07, 6.45) is 0. The van der Waals surface area contributed by atoms with E-state index in [-0.39, 0.29) is 59.3 Å². The number of hydrogen-bond acceptors (Lipinski definition) is 2. The minimum absolute atomic E-state index is 0. The molecule has 46 valence electrons. The van der Waals surface area contributed by atoms with Crippen molar-refractivity contribution in [3.63, 3.8) is 0 Å². The van der Waals surface area contributed by atoms with Gasteiger partial charge in [-0.3, -0.25) is 13.8 Å². The smallest absolute Gasteiger partial charge is 0.269 e. The molecule has 0 aromatic heterocycles. The van der Waals surface area contributed by atoms with Crippen molar-refractivity contribution in [2.24, 2.45) is 0 Å². The van der Waals surface area contributed by atoms with Gasteiger partial charge in [0.1, 0.15) is 0 Å². The molecule has 2 N–H and O–H groups in total. The second kappa shape index (κ2) is 8.64. The summed E-state index contributed by atoms with van der Waals surface area (Å²) in [4.78, 5) is 0. The van der Waals surface area contributed by atoms with Gasteiger partial charge in [0.2, 0.25) is 0 Å². The fraction of sp³-hybridized carbons (Fsp3) is 0. The normalized spacial score (nSPS) is 7.25. The zero-order valence-corrected chi connectivity index (χ0v) is 13.5. The van der Waals surface area contributed by atoms with Gasteiger partial charge >= 0.3 is 10.4 Å². The van der Waals surface area contributed by atoms with Gasteiger partial charge in [-0.1, -0.05) is 0 Å². The first-order valence-electron chi connectivity index (χ1n) is 0.698. The minimum atomic E-state index is -4.67. The van der Waals surface area contributed by atoms with Crippen LogP contribution in [0.5, 0.6) is 0 Å². The minimum Gasteiger partial charge on any atom is -0.269 e. The molecule has 0 unspecified atom stereocenters. The molecule has 0 aliphatic heterocycles. The third-order valence-electron chi connectivity index (χ3n) is 0. The van der Waals surface area contributed by atoms with Crippen molar-refractivity contribution in [1.82, 2.24) is 0 Å². The van der Waals surface area contributed by atoms with E-state index in [1.54, 1.807) is 0 Å². The predicted molar refractivity (Wildman–Crippen MR) is 28.2 cm³/mol. The summed E-state index contributed by atoms with van der Waals surface area (Å²) in [5, 5.41) is 0. The molecule has 0 aromatic carbocycles. The first kappa shape index (κ1) is 22.6. The van der Waals surface area contributed by atoms with Crippen molar-refractivity contribution >= 4 is 65.0 Å². The molecule has 4 nitrogen and oxygen atoms in total. The molecule has 0 rings (SSSR count). The summed E-state index contributed by atoms with van der Waals surface area (Å²) in [6, 6.07) is 0. The quantitative estimate of drug-likeness (QED) is 0.305. The van der Waals surface area contributed by atoms with Crippen molar-refractivity contribution < 1.29 is 22.2 Å². The van der Waals surface area contributed by atoms with Crippen LogP contribution in [0.25, 0.3) is 0 Å². The van der Waals surface area contributed by atoms with Crippen molar-refractivity contribution in [3.05, 3.63) is 0 Å². The molecule has 0 aliphatic carbocycles. The Morgan fingerprint density at radius 3 is 1.00 bits per heavy atom. The van der Waals surface area contributed by atoms with E-state index in [4.69, 9.17) is 17.5 Å². The van der Waals surface area contributed by atoms with E-state index in [2.05, 4.69) is 0 Å². The SMILES string of the molecule is F.O=S(=O)(O)O.[Tl].[Tl]. The fourth-order valence-corrected chi connectivity index (χ4v) is 0. The van der Waals surface area contributed by atoms with Crippen molar-refractivity contribution in [2.45, 2.75) is 0 Å². The zero-order chi connectivity index (χ0) is 4.50. The molecule has 0 aromatic rings. The van der Waals surface area contributed by atoms with Crippen LogP contribution in [0.3, 0.4) is 0 Å². The van der Waals surface area contributed by atoms with Crippen LogP contribution < -0.4 is 0 Å². The van der Waals surface area contributed by atoms with Crippen LogP contribution in [0, 0.1) is 0 Å². The Bertz CT molecular complexity index is 97.2. The van der Waals surface area contributed by atoms with Gasteiger partial charge in [-0.2, -0.15) is 8.42 Å². The van der Waals surface area contributed by atoms with Crippen LogP contribution in [-0.2, 0) is 10.4 Å². The molecule has 0 amide bonds. The van der Waals surface area contributed by atoms with Crippen LogP contribution >= 0.6 is 0 Å². The molecule has 0 aliphatic rings. The number of hydrogen-bond donors (Lipinski definition) is 2. The van der Waals surface area contributed by atoms with E-state index in [9.17, 15) is 0 Å². The molecule has 0 fully saturated rings. The molecule has 0 atom stereocenters. The van der Waals surface area contributed by atoms with Crippen molar-refractivity contribution in [2.75, 3.05) is 0 Å². The van der Waals surface area contributed by atoms with Crippen molar-refractivity contribution in [3.8, 4) is 0 Å². The second-order valence-electron chi connectivity index (χ2n) is 0.448. The first-order valence-corrected chi connectivity index (χ1v) is 2.10. The summed E-state index contributed by atoms with van der Waals surface area (Å²) in [7, 11) is -4.67.